The monoisotopic (exact) mass is 425 g/mol. The first-order valence-electron chi connectivity index (χ1n) is 9.04. The van der Waals surface area contributed by atoms with E-state index < -0.39 is 0 Å². The zero-order chi connectivity index (χ0) is 18.9. The van der Waals surface area contributed by atoms with Crippen molar-refractivity contribution >= 4 is 26.8 Å². The van der Waals surface area contributed by atoms with Crippen LogP contribution in [0, 0.1) is 0 Å². The zero-order valence-electron chi connectivity index (χ0n) is 14.9. The molecule has 0 amide bonds. The number of nitrogens with zero attached hydrogens (tertiary/aromatic N) is 2. The summed E-state index contributed by atoms with van der Waals surface area (Å²) in [7, 11) is 0. The molecule has 0 aliphatic rings. The number of fused-ring (bicyclic) bond motifs is 1. The molecule has 3 nitrogen and oxygen atoms in total. The molecule has 4 heteroatoms. The van der Waals surface area contributed by atoms with Gasteiger partial charge in [0.1, 0.15) is 5.82 Å². The second kappa shape index (κ2) is 7.06. The van der Waals surface area contributed by atoms with E-state index in [1.54, 1.807) is 0 Å². The third kappa shape index (κ3) is 3.12. The summed E-state index contributed by atoms with van der Waals surface area (Å²) in [5, 5.41) is 1.10. The smallest absolute Gasteiger partial charge is 0.138 e. The van der Waals surface area contributed by atoms with Crippen molar-refractivity contribution in [3.05, 3.63) is 95.6 Å². The second-order valence-corrected chi connectivity index (χ2v) is 7.51. The van der Waals surface area contributed by atoms with Crippen molar-refractivity contribution in [2.24, 2.45) is 0 Å². The van der Waals surface area contributed by atoms with Crippen molar-refractivity contribution < 1.29 is 0 Å². The highest BCUT2D eigenvalue weighted by Crippen LogP contribution is 2.34. The van der Waals surface area contributed by atoms with Gasteiger partial charge in [-0.3, -0.25) is 4.98 Å². The van der Waals surface area contributed by atoms with Crippen molar-refractivity contribution in [3.63, 3.8) is 0 Å². The van der Waals surface area contributed by atoms with Gasteiger partial charge in [0.25, 0.3) is 0 Å². The number of pyridine rings is 1. The molecule has 2 aromatic heterocycles. The van der Waals surface area contributed by atoms with Gasteiger partial charge in [-0.25, -0.2) is 4.98 Å². The lowest BCUT2D eigenvalue weighted by Crippen LogP contribution is -1.83. The van der Waals surface area contributed by atoms with E-state index >= 15 is 0 Å². The third-order valence-electron chi connectivity index (χ3n) is 4.76. The molecular formula is C24H16BrN3. The predicted molar refractivity (Wildman–Crippen MR) is 118 cm³/mol. The summed E-state index contributed by atoms with van der Waals surface area (Å²) < 4.78 is 1.05. The Hall–Kier alpha value is -3.24. The van der Waals surface area contributed by atoms with Crippen molar-refractivity contribution in [1.29, 1.82) is 0 Å². The maximum Gasteiger partial charge on any atom is 0.138 e. The second-order valence-electron chi connectivity index (χ2n) is 6.59. The maximum absolute atomic E-state index is 4.97. The van der Waals surface area contributed by atoms with Crippen molar-refractivity contribution in [2.75, 3.05) is 0 Å². The molecule has 0 saturated heterocycles. The van der Waals surface area contributed by atoms with Crippen LogP contribution in [-0.2, 0) is 0 Å². The van der Waals surface area contributed by atoms with Crippen LogP contribution in [0.4, 0.5) is 0 Å². The minimum Gasteiger partial charge on any atom is -0.337 e. The van der Waals surface area contributed by atoms with Crippen LogP contribution in [0.2, 0.25) is 0 Å². The Morgan fingerprint density at radius 2 is 1.50 bits per heavy atom. The minimum atomic E-state index is 0.850. The van der Waals surface area contributed by atoms with Crippen molar-refractivity contribution in [3.8, 4) is 33.9 Å². The van der Waals surface area contributed by atoms with Gasteiger partial charge in [-0.1, -0.05) is 64.5 Å². The highest BCUT2D eigenvalue weighted by atomic mass is 79.9. The highest BCUT2D eigenvalue weighted by molar-refractivity contribution is 9.10. The van der Waals surface area contributed by atoms with Crippen LogP contribution in [0.5, 0.6) is 0 Å². The summed E-state index contributed by atoms with van der Waals surface area (Å²) in [5.41, 5.74) is 6.17. The summed E-state index contributed by atoms with van der Waals surface area (Å²) in [4.78, 5) is 12.9. The number of aromatic amines is 1. The SMILES string of the molecule is Brc1ccc(-c2[nH]c(-c3ccc4ncccc4c3)nc2-c2ccccc2)cc1. The Morgan fingerprint density at radius 3 is 2.32 bits per heavy atom. The molecule has 5 rings (SSSR count). The standard InChI is InChI=1S/C24H16BrN3/c25-20-11-8-17(9-12-20)23-22(16-5-2-1-3-6-16)27-24(28-23)19-10-13-21-18(15-19)7-4-14-26-21/h1-15H,(H,27,28). The van der Waals surface area contributed by atoms with E-state index in [0.717, 1.165) is 49.3 Å². The Bertz CT molecular complexity index is 1260. The molecule has 0 bridgehead atoms. The number of aromatic nitrogens is 3. The van der Waals surface area contributed by atoms with Crippen LogP contribution in [0.3, 0.4) is 0 Å². The Balaban J connectivity index is 1.69. The largest absolute Gasteiger partial charge is 0.337 e. The number of halogens is 1. The fourth-order valence-corrected chi connectivity index (χ4v) is 3.63. The summed E-state index contributed by atoms with van der Waals surface area (Å²) in [6.45, 7) is 0. The molecule has 0 atom stereocenters. The van der Waals surface area contributed by atoms with Gasteiger partial charge in [-0.2, -0.15) is 0 Å². The topological polar surface area (TPSA) is 41.6 Å². The molecule has 3 aromatic carbocycles. The lowest BCUT2D eigenvalue weighted by molar-refractivity contribution is 1.31. The van der Waals surface area contributed by atoms with E-state index in [0.29, 0.717) is 0 Å². The molecule has 0 aliphatic carbocycles. The van der Waals surface area contributed by atoms with Crippen molar-refractivity contribution in [1.82, 2.24) is 15.0 Å². The first kappa shape index (κ1) is 16.9. The van der Waals surface area contributed by atoms with Crippen LogP contribution in [-0.4, -0.2) is 15.0 Å². The van der Waals surface area contributed by atoms with Gasteiger partial charge >= 0.3 is 0 Å². The molecule has 0 radical (unpaired) electrons. The molecule has 28 heavy (non-hydrogen) atoms. The minimum absolute atomic E-state index is 0.850. The van der Waals surface area contributed by atoms with Gasteiger partial charge in [0.2, 0.25) is 0 Å². The molecule has 0 fully saturated rings. The fourth-order valence-electron chi connectivity index (χ4n) is 3.36. The molecular weight excluding hydrogens is 410 g/mol. The van der Waals surface area contributed by atoms with E-state index in [1.165, 1.54) is 0 Å². The summed E-state index contributed by atoms with van der Waals surface area (Å²) in [6, 6.07) is 28.8. The highest BCUT2D eigenvalue weighted by Gasteiger charge is 2.15. The molecule has 1 N–H and O–H groups in total. The Labute approximate surface area is 171 Å². The van der Waals surface area contributed by atoms with Gasteiger partial charge in [-0.15, -0.1) is 0 Å². The van der Waals surface area contributed by atoms with E-state index in [2.05, 4.69) is 68.4 Å². The number of hydrogen-bond acceptors (Lipinski definition) is 2. The lowest BCUT2D eigenvalue weighted by Gasteiger charge is -2.03. The molecule has 0 unspecified atom stereocenters. The third-order valence-corrected chi connectivity index (χ3v) is 5.29. The predicted octanol–water partition coefficient (Wildman–Crippen LogP) is 6.72. The summed E-state index contributed by atoms with van der Waals surface area (Å²) >= 11 is 3.51. The normalized spacial score (nSPS) is 11.0. The Morgan fingerprint density at radius 1 is 0.714 bits per heavy atom. The van der Waals surface area contributed by atoms with Crippen LogP contribution in [0.15, 0.2) is 95.6 Å². The number of benzene rings is 3. The van der Waals surface area contributed by atoms with Crippen LogP contribution in [0.25, 0.3) is 44.8 Å². The van der Waals surface area contributed by atoms with Gasteiger partial charge in [0.05, 0.1) is 16.9 Å². The number of nitrogens with one attached hydrogen (secondary N) is 1. The molecule has 2 heterocycles. The number of H-pyrrole nitrogens is 1. The van der Waals surface area contributed by atoms with E-state index in [1.807, 2.05) is 48.7 Å². The first-order chi connectivity index (χ1) is 13.8. The van der Waals surface area contributed by atoms with Gasteiger partial charge < -0.3 is 4.98 Å². The summed E-state index contributed by atoms with van der Waals surface area (Å²) in [6.07, 6.45) is 1.81. The fraction of sp³-hybridized carbons (Fsp3) is 0. The van der Waals surface area contributed by atoms with Gasteiger partial charge in [0.15, 0.2) is 0 Å². The molecule has 5 aromatic rings. The van der Waals surface area contributed by atoms with Crippen LogP contribution >= 0.6 is 15.9 Å². The molecule has 0 spiro atoms. The van der Waals surface area contributed by atoms with E-state index in [-0.39, 0.29) is 0 Å². The first-order valence-corrected chi connectivity index (χ1v) is 9.84. The maximum atomic E-state index is 4.97. The molecule has 0 saturated carbocycles. The molecule has 0 aliphatic heterocycles. The number of imidazole rings is 1. The average molecular weight is 426 g/mol. The van der Waals surface area contributed by atoms with Crippen LogP contribution in [0.1, 0.15) is 0 Å². The van der Waals surface area contributed by atoms with Gasteiger partial charge in [-0.05, 0) is 36.4 Å². The Kier molecular flexibility index (Phi) is 4.26. The van der Waals surface area contributed by atoms with Crippen LogP contribution < -0.4 is 0 Å². The summed E-state index contributed by atoms with van der Waals surface area (Å²) in [5.74, 6) is 0.850. The molecule has 134 valence electrons. The lowest BCUT2D eigenvalue weighted by atomic mass is 10.1. The number of rotatable bonds is 3. The van der Waals surface area contributed by atoms with E-state index in [9.17, 15) is 0 Å². The van der Waals surface area contributed by atoms with E-state index in [4.69, 9.17) is 4.98 Å². The zero-order valence-corrected chi connectivity index (χ0v) is 16.5. The van der Waals surface area contributed by atoms with Crippen molar-refractivity contribution in [2.45, 2.75) is 0 Å². The number of hydrogen-bond donors (Lipinski definition) is 1. The quantitative estimate of drug-likeness (QED) is 0.348. The average Bonchev–Trinajstić information content (AvgIpc) is 3.20. The van der Waals surface area contributed by atoms with Gasteiger partial charge in [0, 0.05) is 32.7 Å².